The molecule has 1 heterocycles. The van der Waals surface area contributed by atoms with E-state index in [9.17, 15) is 8.42 Å². The Morgan fingerprint density at radius 3 is 2.90 bits per heavy atom. The molecule has 0 bridgehead atoms. The number of nitrogens with two attached hydrogens (primary N) is 1. The average molecular weight is 296 g/mol. The van der Waals surface area contributed by atoms with E-state index in [2.05, 4.69) is 14.9 Å². The van der Waals surface area contributed by atoms with Gasteiger partial charge in [0.1, 0.15) is 23.9 Å². The van der Waals surface area contributed by atoms with Crippen LogP contribution in [0.3, 0.4) is 0 Å². The maximum atomic E-state index is 11.8. The number of nitrogen functional groups attached to an aromatic ring is 1. The SMILES string of the molecule is Cc1cn[nH]c1NS(=O)(=O)CCOc1cccc(N)c1. The van der Waals surface area contributed by atoms with Crippen molar-refractivity contribution in [3.63, 3.8) is 0 Å². The van der Waals surface area contributed by atoms with Crippen LogP contribution in [0.1, 0.15) is 5.56 Å². The lowest BCUT2D eigenvalue weighted by Crippen LogP contribution is -2.21. The van der Waals surface area contributed by atoms with Crippen molar-refractivity contribution < 1.29 is 13.2 Å². The summed E-state index contributed by atoms with van der Waals surface area (Å²) in [5, 5.41) is 6.33. The number of sulfonamides is 1. The van der Waals surface area contributed by atoms with E-state index in [4.69, 9.17) is 10.5 Å². The second-order valence-electron chi connectivity index (χ2n) is 4.27. The highest BCUT2D eigenvalue weighted by Crippen LogP contribution is 2.15. The van der Waals surface area contributed by atoms with Gasteiger partial charge < -0.3 is 10.5 Å². The molecule has 1 aromatic heterocycles. The molecule has 2 rings (SSSR count). The number of H-pyrrole nitrogens is 1. The van der Waals surface area contributed by atoms with Crippen LogP contribution >= 0.6 is 0 Å². The van der Waals surface area contributed by atoms with Gasteiger partial charge in [0.05, 0.1) is 6.20 Å². The molecule has 0 radical (unpaired) electrons. The van der Waals surface area contributed by atoms with Gasteiger partial charge in [0.25, 0.3) is 0 Å². The number of ether oxygens (including phenoxy) is 1. The van der Waals surface area contributed by atoms with Gasteiger partial charge in [0, 0.05) is 17.3 Å². The van der Waals surface area contributed by atoms with Crippen molar-refractivity contribution in [3.05, 3.63) is 36.0 Å². The zero-order chi connectivity index (χ0) is 14.6. The molecular weight excluding hydrogens is 280 g/mol. The Morgan fingerprint density at radius 2 is 2.25 bits per heavy atom. The third-order valence-electron chi connectivity index (χ3n) is 2.57. The third kappa shape index (κ3) is 3.89. The van der Waals surface area contributed by atoms with E-state index >= 15 is 0 Å². The lowest BCUT2D eigenvalue weighted by molar-refractivity contribution is 0.341. The molecule has 8 heteroatoms. The van der Waals surface area contributed by atoms with E-state index in [1.165, 1.54) is 0 Å². The smallest absolute Gasteiger partial charge is 0.237 e. The van der Waals surface area contributed by atoms with Crippen LogP contribution in [0, 0.1) is 6.92 Å². The Kier molecular flexibility index (Phi) is 4.14. The largest absolute Gasteiger partial charge is 0.492 e. The van der Waals surface area contributed by atoms with Crippen LogP contribution in [0.5, 0.6) is 5.75 Å². The summed E-state index contributed by atoms with van der Waals surface area (Å²) < 4.78 is 31.4. The van der Waals surface area contributed by atoms with Crippen molar-refractivity contribution in [3.8, 4) is 5.75 Å². The number of hydrogen-bond donors (Lipinski definition) is 3. The van der Waals surface area contributed by atoms with E-state index < -0.39 is 10.0 Å². The summed E-state index contributed by atoms with van der Waals surface area (Å²) >= 11 is 0. The average Bonchev–Trinajstić information content (AvgIpc) is 2.74. The Morgan fingerprint density at radius 1 is 1.45 bits per heavy atom. The fourth-order valence-electron chi connectivity index (χ4n) is 1.53. The van der Waals surface area contributed by atoms with Crippen LogP contribution in [0.15, 0.2) is 30.5 Å². The highest BCUT2D eigenvalue weighted by Gasteiger charge is 2.13. The Labute approximate surface area is 117 Å². The maximum Gasteiger partial charge on any atom is 0.237 e. The number of rotatable bonds is 6. The Balaban J connectivity index is 1.88. The zero-order valence-electron chi connectivity index (χ0n) is 11.0. The van der Waals surface area contributed by atoms with Crippen molar-refractivity contribution in [1.29, 1.82) is 0 Å². The molecule has 0 atom stereocenters. The van der Waals surface area contributed by atoms with Crippen LogP contribution in [0.25, 0.3) is 0 Å². The molecule has 0 aliphatic heterocycles. The highest BCUT2D eigenvalue weighted by atomic mass is 32.2. The van der Waals surface area contributed by atoms with E-state index in [1.807, 2.05) is 0 Å². The molecule has 4 N–H and O–H groups in total. The number of aromatic amines is 1. The number of anilines is 2. The number of hydrogen-bond acceptors (Lipinski definition) is 5. The highest BCUT2D eigenvalue weighted by molar-refractivity contribution is 7.92. The zero-order valence-corrected chi connectivity index (χ0v) is 11.8. The van der Waals surface area contributed by atoms with Gasteiger partial charge in [-0.25, -0.2) is 8.42 Å². The van der Waals surface area contributed by atoms with E-state index in [1.54, 1.807) is 37.4 Å². The van der Waals surface area contributed by atoms with Crippen LogP contribution in [-0.2, 0) is 10.0 Å². The molecule has 7 nitrogen and oxygen atoms in total. The van der Waals surface area contributed by atoms with Gasteiger partial charge in [-0.2, -0.15) is 5.10 Å². The normalized spacial score (nSPS) is 11.2. The summed E-state index contributed by atoms with van der Waals surface area (Å²) in [6.07, 6.45) is 1.54. The molecule has 0 unspecified atom stereocenters. The molecule has 20 heavy (non-hydrogen) atoms. The van der Waals surface area contributed by atoms with Crippen molar-refractivity contribution >= 4 is 21.5 Å². The predicted octanol–water partition coefficient (Wildman–Crippen LogP) is 1.12. The van der Waals surface area contributed by atoms with Gasteiger partial charge in [0.15, 0.2) is 0 Å². The number of benzene rings is 1. The summed E-state index contributed by atoms with van der Waals surface area (Å²) in [5.41, 5.74) is 6.89. The van der Waals surface area contributed by atoms with Crippen molar-refractivity contribution in [1.82, 2.24) is 10.2 Å². The van der Waals surface area contributed by atoms with Gasteiger partial charge in [-0.05, 0) is 19.1 Å². The van der Waals surface area contributed by atoms with Gasteiger partial charge >= 0.3 is 0 Å². The summed E-state index contributed by atoms with van der Waals surface area (Å²) in [5.74, 6) is 0.743. The second kappa shape index (κ2) is 5.83. The Hall–Kier alpha value is -2.22. The first-order chi connectivity index (χ1) is 9.46. The molecular formula is C12H16N4O3S. The molecule has 0 amide bonds. The second-order valence-corrected chi connectivity index (χ2v) is 6.11. The van der Waals surface area contributed by atoms with E-state index in [-0.39, 0.29) is 12.4 Å². The summed E-state index contributed by atoms with van der Waals surface area (Å²) in [4.78, 5) is 0. The minimum Gasteiger partial charge on any atom is -0.492 e. The number of nitrogens with one attached hydrogen (secondary N) is 2. The first-order valence-corrected chi connectivity index (χ1v) is 7.60. The quantitative estimate of drug-likeness (QED) is 0.692. The first kappa shape index (κ1) is 14.2. The lowest BCUT2D eigenvalue weighted by Gasteiger charge is -2.09. The predicted molar refractivity (Wildman–Crippen MR) is 77.1 cm³/mol. The summed E-state index contributed by atoms with van der Waals surface area (Å²) in [6, 6.07) is 6.83. The molecule has 1 aromatic carbocycles. The van der Waals surface area contributed by atoms with Crippen LogP contribution in [0.4, 0.5) is 11.5 Å². The Bertz CT molecular complexity index is 682. The standard InChI is InChI=1S/C12H16N4O3S/c1-9-8-14-15-12(9)16-20(17,18)6-5-19-11-4-2-3-10(13)7-11/h2-4,7-8H,5-6,13H2,1H3,(H2,14,15,16). The minimum atomic E-state index is -3.48. The molecule has 108 valence electrons. The summed E-state index contributed by atoms with van der Waals surface area (Å²) in [7, 11) is -3.48. The summed E-state index contributed by atoms with van der Waals surface area (Å²) in [6.45, 7) is 1.79. The molecule has 0 saturated heterocycles. The van der Waals surface area contributed by atoms with E-state index in [0.717, 1.165) is 5.56 Å². The van der Waals surface area contributed by atoms with Gasteiger partial charge in [-0.1, -0.05) is 6.07 Å². The fraction of sp³-hybridized carbons (Fsp3) is 0.250. The van der Waals surface area contributed by atoms with Gasteiger partial charge in [-0.15, -0.1) is 0 Å². The number of nitrogens with zero attached hydrogens (tertiary/aromatic N) is 1. The van der Waals surface area contributed by atoms with E-state index in [0.29, 0.717) is 17.3 Å². The van der Waals surface area contributed by atoms with Crippen LogP contribution in [-0.4, -0.2) is 31.0 Å². The molecule has 2 aromatic rings. The topological polar surface area (TPSA) is 110 Å². The molecule has 0 aliphatic rings. The molecule has 0 saturated carbocycles. The molecule has 0 aliphatic carbocycles. The van der Waals surface area contributed by atoms with Crippen LogP contribution < -0.4 is 15.2 Å². The molecule has 0 spiro atoms. The fourth-order valence-corrected chi connectivity index (χ4v) is 2.45. The van der Waals surface area contributed by atoms with Crippen molar-refractivity contribution in [2.75, 3.05) is 22.8 Å². The monoisotopic (exact) mass is 296 g/mol. The van der Waals surface area contributed by atoms with Crippen molar-refractivity contribution in [2.24, 2.45) is 0 Å². The van der Waals surface area contributed by atoms with Gasteiger partial charge in [0.2, 0.25) is 10.0 Å². The number of aryl methyl sites for hydroxylation is 1. The lowest BCUT2D eigenvalue weighted by atomic mass is 10.3. The van der Waals surface area contributed by atoms with Crippen molar-refractivity contribution in [2.45, 2.75) is 6.92 Å². The van der Waals surface area contributed by atoms with Crippen LogP contribution in [0.2, 0.25) is 0 Å². The molecule has 0 fully saturated rings. The minimum absolute atomic E-state index is 0.0337. The first-order valence-electron chi connectivity index (χ1n) is 5.95. The maximum absolute atomic E-state index is 11.8. The number of aromatic nitrogens is 2. The van der Waals surface area contributed by atoms with Gasteiger partial charge in [-0.3, -0.25) is 9.82 Å². The third-order valence-corrected chi connectivity index (χ3v) is 3.78.